The first-order valence-corrected chi connectivity index (χ1v) is 12.0. The topological polar surface area (TPSA) is 191 Å². The number of hydrogen-bond acceptors (Lipinski definition) is 8. The maximum absolute atomic E-state index is 13.2. The second-order valence-corrected chi connectivity index (χ2v) is 8.17. The van der Waals surface area contributed by atoms with E-state index in [1.54, 1.807) is 32.9 Å². The van der Waals surface area contributed by atoms with Gasteiger partial charge in [-0.2, -0.15) is 0 Å². The van der Waals surface area contributed by atoms with Crippen molar-refractivity contribution >= 4 is 41.4 Å². The van der Waals surface area contributed by atoms with Crippen LogP contribution in [0.2, 0.25) is 0 Å². The van der Waals surface area contributed by atoms with Crippen LogP contribution in [0.15, 0.2) is 36.5 Å². The number of carboxylic acid groups (broad SMARTS) is 1. The van der Waals surface area contributed by atoms with Gasteiger partial charge in [0, 0.05) is 37.0 Å². The summed E-state index contributed by atoms with van der Waals surface area (Å²) in [5, 5.41) is 22.9. The number of carboxylic acids is 1. The fourth-order valence-corrected chi connectivity index (χ4v) is 3.38. The summed E-state index contributed by atoms with van der Waals surface area (Å²) in [6, 6.07) is 4.56. The van der Waals surface area contributed by atoms with Gasteiger partial charge >= 0.3 is 18.0 Å². The number of carbonyl (C=O) groups is 5. The summed E-state index contributed by atoms with van der Waals surface area (Å²) in [5.41, 5.74) is 1.68. The number of aryl methyl sites for hydroxylation is 1. The number of aromatic nitrogens is 1. The molecule has 5 N–H and O–H groups in total. The van der Waals surface area contributed by atoms with Crippen LogP contribution in [0.1, 0.15) is 57.8 Å². The van der Waals surface area contributed by atoms with E-state index in [1.165, 1.54) is 12.3 Å². The lowest BCUT2D eigenvalue weighted by Gasteiger charge is -2.24. The normalized spacial score (nSPS) is 10.6. The second-order valence-electron chi connectivity index (χ2n) is 8.17. The molecule has 13 heteroatoms. The lowest BCUT2D eigenvalue weighted by molar-refractivity contribution is -0.146. The quantitative estimate of drug-likeness (QED) is 0.0942. The summed E-state index contributed by atoms with van der Waals surface area (Å²) < 4.78 is 9.76. The molecular weight excluding hydrogens is 510 g/mol. The Morgan fingerprint density at radius 2 is 1.77 bits per heavy atom. The Kier molecular flexibility index (Phi) is 11.0. The molecule has 0 saturated heterocycles. The summed E-state index contributed by atoms with van der Waals surface area (Å²) in [4.78, 5) is 64.1. The van der Waals surface area contributed by atoms with E-state index in [1.807, 2.05) is 6.92 Å². The number of aliphatic carboxylic acids is 1. The summed E-state index contributed by atoms with van der Waals surface area (Å²) in [6.45, 7) is 6.88. The van der Waals surface area contributed by atoms with Crippen LogP contribution < -0.4 is 15.5 Å². The molecule has 0 aliphatic carbocycles. The van der Waals surface area contributed by atoms with Gasteiger partial charge in [-0.25, -0.2) is 19.3 Å². The highest BCUT2D eigenvalue weighted by atomic mass is 16.7. The van der Waals surface area contributed by atoms with Gasteiger partial charge in [-0.1, -0.05) is 13.0 Å². The molecular formula is C26H31N5O8. The van der Waals surface area contributed by atoms with Crippen LogP contribution in [0.25, 0.3) is 0 Å². The van der Waals surface area contributed by atoms with Crippen molar-refractivity contribution in [2.24, 2.45) is 0 Å². The average molecular weight is 542 g/mol. The van der Waals surface area contributed by atoms with E-state index < -0.39 is 36.6 Å². The van der Waals surface area contributed by atoms with E-state index in [9.17, 15) is 24.0 Å². The van der Waals surface area contributed by atoms with Crippen molar-refractivity contribution < 1.29 is 38.6 Å². The highest BCUT2D eigenvalue weighted by Crippen LogP contribution is 2.26. The molecule has 0 atom stereocenters. The average Bonchev–Trinajstić information content (AvgIpc) is 3.28. The minimum absolute atomic E-state index is 0.136. The zero-order chi connectivity index (χ0) is 29.1. The van der Waals surface area contributed by atoms with E-state index in [0.717, 1.165) is 11.3 Å². The van der Waals surface area contributed by atoms with Crippen LogP contribution in [-0.4, -0.2) is 65.7 Å². The predicted octanol–water partition coefficient (Wildman–Crippen LogP) is 2.63. The van der Waals surface area contributed by atoms with Crippen LogP contribution in [0, 0.1) is 19.3 Å². The van der Waals surface area contributed by atoms with Gasteiger partial charge in [-0.15, -0.1) is 0 Å². The van der Waals surface area contributed by atoms with E-state index in [4.69, 9.17) is 20.0 Å². The van der Waals surface area contributed by atoms with Gasteiger partial charge in [0.05, 0.1) is 16.9 Å². The van der Waals surface area contributed by atoms with Gasteiger partial charge in [0.1, 0.15) is 0 Å². The molecule has 39 heavy (non-hydrogen) atoms. The number of aromatic amines is 1. The Bertz CT molecular complexity index is 1300. The smallest absolute Gasteiger partial charge is 0.423 e. The molecule has 0 aliphatic heterocycles. The first-order valence-electron chi connectivity index (χ1n) is 12.0. The third kappa shape index (κ3) is 8.02. The van der Waals surface area contributed by atoms with Crippen LogP contribution in [0.5, 0.6) is 0 Å². The van der Waals surface area contributed by atoms with Gasteiger partial charge in [0.2, 0.25) is 6.79 Å². The molecule has 0 fully saturated rings. The van der Waals surface area contributed by atoms with Crippen molar-refractivity contribution in [1.29, 1.82) is 5.41 Å². The van der Waals surface area contributed by atoms with Crippen molar-refractivity contribution in [3.63, 3.8) is 0 Å². The maximum Gasteiger partial charge on any atom is 0.423 e. The molecule has 1 aromatic carbocycles. The number of carbonyl (C=O) groups excluding carboxylic acids is 4. The van der Waals surface area contributed by atoms with Gasteiger partial charge in [0.25, 0.3) is 11.8 Å². The molecule has 13 nitrogen and oxygen atoms in total. The predicted molar refractivity (Wildman–Crippen MR) is 141 cm³/mol. The lowest BCUT2D eigenvalue weighted by atomic mass is 10.1. The number of hydrogen-bond donors (Lipinski definition) is 5. The summed E-state index contributed by atoms with van der Waals surface area (Å²) in [7, 11) is 0. The fourth-order valence-electron chi connectivity index (χ4n) is 3.38. The minimum atomic E-state index is -1.37. The van der Waals surface area contributed by atoms with Crippen LogP contribution in [0.3, 0.4) is 0 Å². The van der Waals surface area contributed by atoms with Gasteiger partial charge < -0.3 is 30.2 Å². The van der Waals surface area contributed by atoms with E-state index in [2.05, 4.69) is 15.6 Å². The van der Waals surface area contributed by atoms with Crippen molar-refractivity contribution in [1.82, 2.24) is 15.6 Å². The standard InChI is InChI=1S/C26H31N5O8/c1-5-11-29-25(36)18-13-30-22(16(18)4)23(27)31(26(37)39-14-38-21(34)10-9-20(32)33)19-12-17(8-7-15(19)3)24(35)28-6-2/h7-10,12-13,27,30H,5-6,11,14H2,1-4H3,(H,28,35)(H,29,36)(H,32,33)/b10-9+,27-23?. The van der Waals surface area contributed by atoms with Crippen LogP contribution in [0.4, 0.5) is 10.5 Å². The molecule has 0 unspecified atom stereocenters. The van der Waals surface area contributed by atoms with Crippen molar-refractivity contribution in [3.8, 4) is 0 Å². The molecule has 1 aromatic heterocycles. The molecule has 2 aromatic rings. The first kappa shape index (κ1) is 30.3. The number of H-pyrrole nitrogens is 1. The van der Waals surface area contributed by atoms with Crippen molar-refractivity contribution in [3.05, 3.63) is 64.5 Å². The third-order valence-electron chi connectivity index (χ3n) is 5.36. The summed E-state index contributed by atoms with van der Waals surface area (Å²) >= 11 is 0. The zero-order valence-electron chi connectivity index (χ0n) is 22.0. The SMILES string of the molecule is CCCNC(=O)c1c[nH]c(C(=N)N(C(=O)OCOC(=O)/C=C/C(=O)O)c2cc(C(=O)NCC)ccc2C)c1C. The Morgan fingerprint density at radius 1 is 1.05 bits per heavy atom. The van der Waals surface area contributed by atoms with Gasteiger partial charge in [-0.3, -0.25) is 15.0 Å². The monoisotopic (exact) mass is 541 g/mol. The molecule has 208 valence electrons. The molecule has 1 heterocycles. The molecule has 0 saturated carbocycles. The van der Waals surface area contributed by atoms with E-state index >= 15 is 0 Å². The number of amidine groups is 1. The number of ether oxygens (including phenoxy) is 2. The highest BCUT2D eigenvalue weighted by Gasteiger charge is 2.29. The number of benzene rings is 1. The maximum atomic E-state index is 13.2. The van der Waals surface area contributed by atoms with Gasteiger partial charge in [-0.05, 0) is 50.5 Å². The molecule has 3 amide bonds. The summed E-state index contributed by atoms with van der Waals surface area (Å²) in [6.07, 6.45) is 2.23. The van der Waals surface area contributed by atoms with E-state index in [-0.39, 0.29) is 28.4 Å². The Hall–Kier alpha value is -4.94. The van der Waals surface area contributed by atoms with Crippen LogP contribution in [-0.2, 0) is 19.1 Å². The molecule has 0 aliphatic rings. The Balaban J connectivity index is 2.45. The van der Waals surface area contributed by atoms with E-state index in [0.29, 0.717) is 36.4 Å². The molecule has 2 rings (SSSR count). The molecule has 0 spiro atoms. The number of amides is 3. The van der Waals surface area contributed by atoms with Crippen molar-refractivity contribution in [2.45, 2.75) is 34.1 Å². The molecule has 0 radical (unpaired) electrons. The van der Waals surface area contributed by atoms with Crippen LogP contribution >= 0.6 is 0 Å². The van der Waals surface area contributed by atoms with Crippen molar-refractivity contribution in [2.75, 3.05) is 24.8 Å². The molecule has 0 bridgehead atoms. The number of anilines is 1. The number of rotatable bonds is 11. The number of nitrogens with one attached hydrogen (secondary N) is 4. The number of esters is 1. The Labute approximate surface area is 224 Å². The third-order valence-corrected chi connectivity index (χ3v) is 5.36. The second kappa shape index (κ2) is 14.1. The summed E-state index contributed by atoms with van der Waals surface area (Å²) in [5.74, 6) is -3.59. The zero-order valence-corrected chi connectivity index (χ0v) is 22.0. The fraction of sp³-hybridized carbons (Fsp3) is 0.308. The first-order chi connectivity index (χ1) is 18.5. The number of nitrogens with zero attached hydrogens (tertiary/aromatic N) is 1. The largest absolute Gasteiger partial charge is 0.478 e. The Morgan fingerprint density at radius 3 is 2.41 bits per heavy atom. The highest BCUT2D eigenvalue weighted by molar-refractivity contribution is 6.21. The lowest BCUT2D eigenvalue weighted by Crippen LogP contribution is -2.39. The minimum Gasteiger partial charge on any atom is -0.478 e. The van der Waals surface area contributed by atoms with Gasteiger partial charge in [0.15, 0.2) is 5.84 Å².